The van der Waals surface area contributed by atoms with Gasteiger partial charge in [0.1, 0.15) is 0 Å². The van der Waals surface area contributed by atoms with E-state index in [0.29, 0.717) is 0 Å². The van der Waals surface area contributed by atoms with Gasteiger partial charge in [0, 0.05) is 19.8 Å². The number of unbranched alkanes of at least 4 members (excludes halogenated alkanes) is 3. The van der Waals surface area contributed by atoms with Gasteiger partial charge < -0.3 is 13.3 Å². The van der Waals surface area contributed by atoms with Crippen LogP contribution in [0.15, 0.2) is 0 Å². The standard InChI is InChI=1S/C15H35NO3Si/c1-5-9-13-17-20(16-12-8-4,18-14-10-6-2)19-15-11-7-3/h16H,5-15H2,1-4H3. The summed E-state index contributed by atoms with van der Waals surface area (Å²) >= 11 is 0. The van der Waals surface area contributed by atoms with Crippen molar-refractivity contribution < 1.29 is 13.3 Å². The van der Waals surface area contributed by atoms with Gasteiger partial charge in [0.05, 0.1) is 0 Å². The fraction of sp³-hybridized carbons (Fsp3) is 1.00. The Balaban J connectivity index is 4.48. The van der Waals surface area contributed by atoms with Crippen molar-refractivity contribution in [3.8, 4) is 0 Å². The second kappa shape index (κ2) is 14.0. The van der Waals surface area contributed by atoms with Crippen molar-refractivity contribution in [2.45, 2.75) is 72.6 Å². The van der Waals surface area contributed by atoms with Gasteiger partial charge in [-0.25, -0.2) is 0 Å². The summed E-state index contributed by atoms with van der Waals surface area (Å²) in [6.07, 6.45) is 7.59. The molecule has 0 saturated heterocycles. The van der Waals surface area contributed by atoms with Crippen LogP contribution in [0.1, 0.15) is 72.6 Å². The lowest BCUT2D eigenvalue weighted by molar-refractivity contribution is 0.0457. The molecule has 0 atom stereocenters. The molecule has 0 spiro atoms. The van der Waals surface area contributed by atoms with Crippen molar-refractivity contribution >= 4 is 8.97 Å². The molecule has 0 rings (SSSR count). The van der Waals surface area contributed by atoms with Crippen molar-refractivity contribution in [1.29, 1.82) is 0 Å². The second-order valence-electron chi connectivity index (χ2n) is 5.09. The van der Waals surface area contributed by atoms with Crippen molar-refractivity contribution in [3.05, 3.63) is 0 Å². The number of hydrogen-bond acceptors (Lipinski definition) is 4. The van der Waals surface area contributed by atoms with Crippen molar-refractivity contribution in [1.82, 2.24) is 4.98 Å². The average molecular weight is 306 g/mol. The normalized spacial score (nSPS) is 12.0. The molecule has 0 unspecified atom stereocenters. The first-order chi connectivity index (χ1) is 9.74. The van der Waals surface area contributed by atoms with Crippen molar-refractivity contribution in [2.24, 2.45) is 0 Å². The van der Waals surface area contributed by atoms with Gasteiger partial charge >= 0.3 is 8.97 Å². The van der Waals surface area contributed by atoms with E-state index in [9.17, 15) is 0 Å². The molecule has 1 N–H and O–H groups in total. The lowest BCUT2D eigenvalue weighted by Crippen LogP contribution is -2.59. The molecular weight excluding hydrogens is 270 g/mol. The molecule has 0 aromatic rings. The summed E-state index contributed by atoms with van der Waals surface area (Å²) < 4.78 is 18.1. The van der Waals surface area contributed by atoms with Crippen molar-refractivity contribution in [2.75, 3.05) is 26.4 Å². The second-order valence-corrected chi connectivity index (χ2v) is 7.42. The topological polar surface area (TPSA) is 39.7 Å². The molecule has 0 bridgehead atoms. The number of nitrogens with one attached hydrogen (secondary N) is 1. The van der Waals surface area contributed by atoms with Gasteiger partial charge in [0.25, 0.3) is 0 Å². The highest BCUT2D eigenvalue weighted by Gasteiger charge is 2.41. The van der Waals surface area contributed by atoms with E-state index in [1.165, 1.54) is 0 Å². The molecule has 0 saturated carbocycles. The molecule has 0 aliphatic carbocycles. The lowest BCUT2D eigenvalue weighted by Gasteiger charge is -2.29. The van der Waals surface area contributed by atoms with Gasteiger partial charge in [-0.2, -0.15) is 0 Å². The minimum atomic E-state index is -2.68. The molecule has 0 heterocycles. The minimum Gasteiger partial charge on any atom is -0.361 e. The van der Waals surface area contributed by atoms with Crippen LogP contribution in [-0.2, 0) is 13.3 Å². The molecule has 0 aliphatic heterocycles. The van der Waals surface area contributed by atoms with Gasteiger partial charge in [-0.05, 0) is 32.2 Å². The molecule has 0 aromatic carbocycles. The molecule has 20 heavy (non-hydrogen) atoms. The van der Waals surface area contributed by atoms with Gasteiger partial charge in [0.15, 0.2) is 0 Å². The molecule has 0 radical (unpaired) electrons. The fourth-order valence-electron chi connectivity index (χ4n) is 1.61. The molecule has 5 heteroatoms. The summed E-state index contributed by atoms with van der Waals surface area (Å²) in [6, 6.07) is 0. The van der Waals surface area contributed by atoms with Gasteiger partial charge in [-0.1, -0.05) is 47.0 Å². The quantitative estimate of drug-likeness (QED) is 0.368. The Morgan fingerprint density at radius 2 is 1.05 bits per heavy atom. The van der Waals surface area contributed by atoms with Crippen LogP contribution in [-0.4, -0.2) is 35.3 Å². The zero-order valence-electron chi connectivity index (χ0n) is 14.0. The highest BCUT2D eigenvalue weighted by molar-refractivity contribution is 6.57. The summed E-state index contributed by atoms with van der Waals surface area (Å²) in [5.74, 6) is 0. The maximum absolute atomic E-state index is 6.05. The molecule has 0 amide bonds. The summed E-state index contributed by atoms with van der Waals surface area (Å²) in [6.45, 7) is 11.7. The zero-order valence-corrected chi connectivity index (χ0v) is 15.0. The zero-order chi connectivity index (χ0) is 15.1. The first kappa shape index (κ1) is 20.1. The van der Waals surface area contributed by atoms with Crippen LogP contribution in [0.25, 0.3) is 0 Å². The Bertz CT molecular complexity index is 179. The van der Waals surface area contributed by atoms with E-state index in [1.807, 2.05) is 0 Å². The highest BCUT2D eigenvalue weighted by atomic mass is 28.4. The molecule has 122 valence electrons. The fourth-order valence-corrected chi connectivity index (χ4v) is 3.96. The molecule has 4 nitrogen and oxygen atoms in total. The third-order valence-corrected chi connectivity index (χ3v) is 5.40. The smallest absolute Gasteiger partial charge is 0.361 e. The Labute approximate surface area is 127 Å². The van der Waals surface area contributed by atoms with E-state index >= 15 is 0 Å². The summed E-state index contributed by atoms with van der Waals surface area (Å²) in [5, 5.41) is 0. The van der Waals surface area contributed by atoms with E-state index in [-0.39, 0.29) is 0 Å². The highest BCUT2D eigenvalue weighted by Crippen LogP contribution is 2.10. The first-order valence-corrected chi connectivity index (χ1v) is 10.1. The maximum Gasteiger partial charge on any atom is 0.596 e. The summed E-state index contributed by atoms with van der Waals surface area (Å²) in [7, 11) is -2.68. The SMILES string of the molecule is CCCCO[Si](NCCC)(OCCCC)OCCCC. The average Bonchev–Trinajstić information content (AvgIpc) is 2.46. The maximum atomic E-state index is 6.05. The van der Waals surface area contributed by atoms with Crippen LogP contribution in [0.4, 0.5) is 0 Å². The van der Waals surface area contributed by atoms with E-state index < -0.39 is 8.97 Å². The Kier molecular flexibility index (Phi) is 14.1. The largest absolute Gasteiger partial charge is 0.596 e. The van der Waals surface area contributed by atoms with E-state index in [4.69, 9.17) is 13.3 Å². The van der Waals surface area contributed by atoms with E-state index in [2.05, 4.69) is 32.7 Å². The van der Waals surface area contributed by atoms with Crippen LogP contribution >= 0.6 is 0 Å². The van der Waals surface area contributed by atoms with Crippen molar-refractivity contribution in [3.63, 3.8) is 0 Å². The molecule has 0 aromatic heterocycles. The number of rotatable bonds is 15. The molecule has 0 fully saturated rings. The van der Waals surface area contributed by atoms with Crippen LogP contribution in [0.5, 0.6) is 0 Å². The summed E-state index contributed by atoms with van der Waals surface area (Å²) in [5.41, 5.74) is 0. The third-order valence-electron chi connectivity index (χ3n) is 2.96. The summed E-state index contributed by atoms with van der Waals surface area (Å²) in [4.78, 5) is 3.43. The lowest BCUT2D eigenvalue weighted by atomic mass is 10.4. The van der Waals surface area contributed by atoms with E-state index in [0.717, 1.165) is 71.3 Å². The monoisotopic (exact) mass is 305 g/mol. The first-order valence-electron chi connectivity index (χ1n) is 8.41. The van der Waals surface area contributed by atoms with Crippen LogP contribution < -0.4 is 4.98 Å². The predicted molar refractivity (Wildman–Crippen MR) is 86.6 cm³/mol. The van der Waals surface area contributed by atoms with Crippen LogP contribution in [0.3, 0.4) is 0 Å². The van der Waals surface area contributed by atoms with Crippen LogP contribution in [0, 0.1) is 0 Å². The van der Waals surface area contributed by atoms with Gasteiger partial charge in [0.2, 0.25) is 0 Å². The minimum absolute atomic E-state index is 0.720. The van der Waals surface area contributed by atoms with E-state index in [1.54, 1.807) is 0 Å². The Morgan fingerprint density at radius 3 is 1.35 bits per heavy atom. The van der Waals surface area contributed by atoms with Gasteiger partial charge in [-0.3, -0.25) is 4.98 Å². The number of hydrogen-bond donors (Lipinski definition) is 1. The predicted octanol–water partition coefficient (Wildman–Crippen LogP) is 3.87. The molecular formula is C15H35NO3Si. The Hall–Kier alpha value is 0.0569. The Morgan fingerprint density at radius 1 is 0.650 bits per heavy atom. The third kappa shape index (κ3) is 9.88. The van der Waals surface area contributed by atoms with Crippen LogP contribution in [0.2, 0.25) is 0 Å². The molecule has 0 aliphatic rings. The van der Waals surface area contributed by atoms with Gasteiger partial charge in [-0.15, -0.1) is 0 Å².